The lowest BCUT2D eigenvalue weighted by Crippen LogP contribution is -2.47. The molecule has 4 rings (SSSR count). The summed E-state index contributed by atoms with van der Waals surface area (Å²) in [6.45, 7) is 10.9. The Balaban J connectivity index is 1.40. The highest BCUT2D eigenvalue weighted by molar-refractivity contribution is 5.73. The summed E-state index contributed by atoms with van der Waals surface area (Å²) in [6, 6.07) is 11.2. The molecule has 1 saturated heterocycles. The van der Waals surface area contributed by atoms with E-state index in [0.717, 1.165) is 64.6 Å². The summed E-state index contributed by atoms with van der Waals surface area (Å²) in [4.78, 5) is 22.7. The highest BCUT2D eigenvalue weighted by Crippen LogP contribution is 2.26. The van der Waals surface area contributed by atoms with E-state index >= 15 is 0 Å². The molecule has 1 aromatic carbocycles. The van der Waals surface area contributed by atoms with Gasteiger partial charge in [0.2, 0.25) is 5.91 Å². The first-order valence-electron chi connectivity index (χ1n) is 10.9. The Kier molecular flexibility index (Phi) is 6.65. The number of nitrogens with zero attached hydrogens (tertiary/aromatic N) is 4. The van der Waals surface area contributed by atoms with Gasteiger partial charge in [-0.25, -0.2) is 0 Å². The Morgan fingerprint density at radius 3 is 2.70 bits per heavy atom. The number of rotatable bonds is 5. The van der Waals surface area contributed by atoms with E-state index in [4.69, 9.17) is 4.74 Å². The third-order valence-corrected chi connectivity index (χ3v) is 6.24. The maximum absolute atomic E-state index is 11.5. The Bertz CT molecular complexity index is 850. The van der Waals surface area contributed by atoms with Crippen molar-refractivity contribution in [2.45, 2.75) is 39.4 Å². The van der Waals surface area contributed by atoms with E-state index < -0.39 is 0 Å². The Labute approximate surface area is 179 Å². The molecule has 6 heteroatoms. The second-order valence-corrected chi connectivity index (χ2v) is 8.46. The van der Waals surface area contributed by atoms with Gasteiger partial charge >= 0.3 is 0 Å². The number of carbonyl (C=O) groups is 1. The lowest BCUT2D eigenvalue weighted by molar-refractivity contribution is -0.130. The van der Waals surface area contributed by atoms with E-state index in [1.54, 1.807) is 6.92 Å². The monoisotopic (exact) mass is 408 g/mol. The molecule has 6 nitrogen and oxygen atoms in total. The molecule has 0 unspecified atom stereocenters. The van der Waals surface area contributed by atoms with Gasteiger partial charge in [0.05, 0.1) is 0 Å². The molecule has 1 fully saturated rings. The van der Waals surface area contributed by atoms with Gasteiger partial charge in [-0.05, 0) is 42.7 Å². The Morgan fingerprint density at radius 1 is 1.13 bits per heavy atom. The van der Waals surface area contributed by atoms with Gasteiger partial charge in [0, 0.05) is 76.7 Å². The highest BCUT2D eigenvalue weighted by atomic mass is 16.5. The SMILES string of the molecule is CC(=O)N1CCN(Cc2ccc3c(c2)CN([C@H](C)Cc2cccnc2)CCO3)CC1. The van der Waals surface area contributed by atoms with E-state index in [1.807, 2.05) is 23.4 Å². The third kappa shape index (κ3) is 5.18. The molecule has 0 radical (unpaired) electrons. The van der Waals surface area contributed by atoms with Crippen LogP contribution in [0.1, 0.15) is 30.5 Å². The van der Waals surface area contributed by atoms with Crippen LogP contribution in [0, 0.1) is 0 Å². The van der Waals surface area contributed by atoms with Crippen molar-refractivity contribution in [2.75, 3.05) is 39.3 Å². The van der Waals surface area contributed by atoms with Gasteiger partial charge in [0.15, 0.2) is 0 Å². The van der Waals surface area contributed by atoms with Crippen molar-refractivity contribution in [1.29, 1.82) is 0 Å². The molecule has 160 valence electrons. The standard InChI is InChI=1S/C24H32N4O2/c1-19(14-21-4-3-7-25-16-21)28-12-13-30-24-6-5-22(15-23(24)18-28)17-26-8-10-27(11-9-26)20(2)29/h3-7,15-16,19H,8-14,17-18H2,1-2H3/t19-/m1/s1. The number of pyridine rings is 1. The zero-order valence-electron chi connectivity index (χ0n) is 18.1. The topological polar surface area (TPSA) is 48.9 Å². The van der Waals surface area contributed by atoms with Gasteiger partial charge < -0.3 is 9.64 Å². The molecule has 1 atom stereocenters. The van der Waals surface area contributed by atoms with Crippen LogP contribution in [0.25, 0.3) is 0 Å². The number of amides is 1. The number of piperazine rings is 1. The van der Waals surface area contributed by atoms with E-state index in [-0.39, 0.29) is 5.91 Å². The first-order chi connectivity index (χ1) is 14.6. The molecule has 2 aliphatic rings. The fraction of sp³-hybridized carbons (Fsp3) is 0.500. The normalized spacial score (nSPS) is 18.9. The Hall–Kier alpha value is -2.44. The maximum Gasteiger partial charge on any atom is 0.219 e. The van der Waals surface area contributed by atoms with Crippen molar-refractivity contribution in [3.8, 4) is 5.75 Å². The first kappa shape index (κ1) is 20.8. The van der Waals surface area contributed by atoms with Gasteiger partial charge in [-0.15, -0.1) is 0 Å². The molecule has 0 spiro atoms. The molecular weight excluding hydrogens is 376 g/mol. The molecule has 0 aliphatic carbocycles. The number of hydrogen-bond acceptors (Lipinski definition) is 5. The van der Waals surface area contributed by atoms with Crippen molar-refractivity contribution in [3.63, 3.8) is 0 Å². The van der Waals surface area contributed by atoms with Crippen LogP contribution in [-0.2, 0) is 24.3 Å². The molecule has 1 amide bonds. The van der Waals surface area contributed by atoms with E-state index in [1.165, 1.54) is 16.7 Å². The van der Waals surface area contributed by atoms with Gasteiger partial charge in [0.1, 0.15) is 12.4 Å². The maximum atomic E-state index is 11.5. The number of aromatic nitrogens is 1. The lowest BCUT2D eigenvalue weighted by Gasteiger charge is -2.34. The average Bonchev–Trinajstić information content (AvgIpc) is 2.97. The van der Waals surface area contributed by atoms with E-state index in [0.29, 0.717) is 6.04 Å². The van der Waals surface area contributed by atoms with Crippen LogP contribution in [0.2, 0.25) is 0 Å². The molecule has 0 saturated carbocycles. The number of ether oxygens (including phenoxy) is 1. The zero-order valence-corrected chi connectivity index (χ0v) is 18.1. The van der Waals surface area contributed by atoms with Crippen molar-refractivity contribution < 1.29 is 9.53 Å². The largest absolute Gasteiger partial charge is 0.492 e. The van der Waals surface area contributed by atoms with E-state index in [9.17, 15) is 4.79 Å². The molecule has 3 heterocycles. The average molecular weight is 409 g/mol. The first-order valence-corrected chi connectivity index (χ1v) is 10.9. The predicted molar refractivity (Wildman–Crippen MR) is 117 cm³/mol. The van der Waals surface area contributed by atoms with Gasteiger partial charge in [-0.2, -0.15) is 0 Å². The molecule has 0 bridgehead atoms. The minimum atomic E-state index is 0.178. The van der Waals surface area contributed by atoms with Crippen LogP contribution in [0.15, 0.2) is 42.7 Å². The molecule has 1 aromatic heterocycles. The fourth-order valence-electron chi connectivity index (χ4n) is 4.41. The number of fused-ring (bicyclic) bond motifs is 1. The quantitative estimate of drug-likeness (QED) is 0.761. The smallest absolute Gasteiger partial charge is 0.219 e. The van der Waals surface area contributed by atoms with Crippen LogP contribution in [-0.4, -0.2) is 71.0 Å². The number of hydrogen-bond donors (Lipinski definition) is 0. The second kappa shape index (κ2) is 9.58. The zero-order chi connectivity index (χ0) is 20.9. The third-order valence-electron chi connectivity index (χ3n) is 6.24. The number of benzene rings is 1. The summed E-state index contributed by atoms with van der Waals surface area (Å²) in [6.07, 6.45) is 4.78. The minimum absolute atomic E-state index is 0.178. The van der Waals surface area contributed by atoms with Gasteiger partial charge in [-0.3, -0.25) is 19.6 Å². The molecular formula is C24H32N4O2. The van der Waals surface area contributed by atoms with Gasteiger partial charge in [-0.1, -0.05) is 12.1 Å². The second-order valence-electron chi connectivity index (χ2n) is 8.46. The van der Waals surface area contributed by atoms with Crippen LogP contribution in [0.5, 0.6) is 5.75 Å². The van der Waals surface area contributed by atoms with Crippen molar-refractivity contribution in [1.82, 2.24) is 19.7 Å². The molecule has 0 N–H and O–H groups in total. The van der Waals surface area contributed by atoms with Crippen LogP contribution in [0.4, 0.5) is 0 Å². The summed E-state index contributed by atoms with van der Waals surface area (Å²) in [5.41, 5.74) is 3.86. The molecule has 2 aliphatic heterocycles. The molecule has 2 aromatic rings. The summed E-state index contributed by atoms with van der Waals surface area (Å²) in [7, 11) is 0. The van der Waals surface area contributed by atoms with Crippen LogP contribution < -0.4 is 4.74 Å². The van der Waals surface area contributed by atoms with Crippen molar-refractivity contribution in [3.05, 3.63) is 59.4 Å². The summed E-state index contributed by atoms with van der Waals surface area (Å²) in [5, 5.41) is 0. The van der Waals surface area contributed by atoms with Crippen LogP contribution in [0.3, 0.4) is 0 Å². The van der Waals surface area contributed by atoms with Crippen molar-refractivity contribution in [2.24, 2.45) is 0 Å². The summed E-state index contributed by atoms with van der Waals surface area (Å²) < 4.78 is 6.05. The van der Waals surface area contributed by atoms with Gasteiger partial charge in [0.25, 0.3) is 0 Å². The molecule has 30 heavy (non-hydrogen) atoms. The predicted octanol–water partition coefficient (Wildman–Crippen LogP) is 2.57. The fourth-order valence-corrected chi connectivity index (χ4v) is 4.41. The number of carbonyl (C=O) groups excluding carboxylic acids is 1. The lowest BCUT2D eigenvalue weighted by atomic mass is 10.1. The summed E-state index contributed by atoms with van der Waals surface area (Å²) >= 11 is 0. The highest BCUT2D eigenvalue weighted by Gasteiger charge is 2.22. The van der Waals surface area contributed by atoms with Crippen molar-refractivity contribution >= 4 is 5.91 Å². The Morgan fingerprint density at radius 2 is 1.97 bits per heavy atom. The van der Waals surface area contributed by atoms with E-state index in [2.05, 4.69) is 46.0 Å². The minimum Gasteiger partial charge on any atom is -0.492 e. The van der Waals surface area contributed by atoms with Crippen LogP contribution >= 0.6 is 0 Å². The summed E-state index contributed by atoms with van der Waals surface area (Å²) in [5.74, 6) is 1.19.